The van der Waals surface area contributed by atoms with Gasteiger partial charge in [-0.15, -0.1) is 10.2 Å². The Morgan fingerprint density at radius 1 is 1.09 bits per heavy atom. The highest BCUT2D eigenvalue weighted by Gasteiger charge is 2.27. The molecule has 3 heterocycles. The molecule has 2 aromatic heterocycles. The smallest absolute Gasteiger partial charge is 0.291 e. The number of sulfonamides is 1. The van der Waals surface area contributed by atoms with E-state index in [-0.39, 0.29) is 27.9 Å². The Morgan fingerprint density at radius 2 is 1.77 bits per heavy atom. The van der Waals surface area contributed by atoms with E-state index < -0.39 is 21.5 Å². The molecule has 1 aliphatic heterocycles. The summed E-state index contributed by atoms with van der Waals surface area (Å²) in [7, 11) is -3.87. The number of hydrogen-bond acceptors (Lipinski definition) is 8. The molecular weight excluding hydrogens is 500 g/mol. The van der Waals surface area contributed by atoms with Crippen LogP contribution in [-0.4, -0.2) is 71.4 Å². The Balaban J connectivity index is 1.79. The molecule has 0 saturated carbocycles. The summed E-state index contributed by atoms with van der Waals surface area (Å²) >= 11 is 0.691. The van der Waals surface area contributed by atoms with Crippen molar-refractivity contribution in [3.05, 3.63) is 23.3 Å². The number of alkyl halides is 2. The fourth-order valence-corrected chi connectivity index (χ4v) is 5.93. The predicted molar refractivity (Wildman–Crippen MR) is 129 cm³/mol. The van der Waals surface area contributed by atoms with Gasteiger partial charge in [0.05, 0.1) is 16.6 Å². The van der Waals surface area contributed by atoms with Crippen molar-refractivity contribution in [2.75, 3.05) is 31.1 Å². The Bertz CT molecular complexity index is 1330. The lowest BCUT2D eigenvalue weighted by molar-refractivity contribution is -0.134. The third-order valence-electron chi connectivity index (χ3n) is 5.57. The molecule has 1 saturated heterocycles. The maximum atomic E-state index is 13.1. The van der Waals surface area contributed by atoms with Gasteiger partial charge in [-0.1, -0.05) is 25.2 Å². The summed E-state index contributed by atoms with van der Waals surface area (Å²) in [6.07, 6.45) is -1.21. The Morgan fingerprint density at radius 3 is 2.34 bits per heavy atom. The first-order valence-electron chi connectivity index (χ1n) is 11.2. The summed E-state index contributed by atoms with van der Waals surface area (Å²) in [6.45, 7) is 9.18. The molecule has 0 atom stereocenters. The Hall–Kier alpha value is -2.71. The van der Waals surface area contributed by atoms with E-state index in [2.05, 4.69) is 20.0 Å². The minimum atomic E-state index is -3.87. The van der Waals surface area contributed by atoms with Crippen LogP contribution in [0.15, 0.2) is 23.2 Å². The van der Waals surface area contributed by atoms with Gasteiger partial charge in [-0.25, -0.2) is 26.6 Å². The predicted octanol–water partition coefficient (Wildman–Crippen LogP) is 2.81. The topological polar surface area (TPSA) is 113 Å². The van der Waals surface area contributed by atoms with E-state index in [9.17, 15) is 22.0 Å². The number of nitrogens with one attached hydrogen (secondary N) is 1. The maximum absolute atomic E-state index is 13.1. The van der Waals surface area contributed by atoms with Crippen LogP contribution < -0.4 is 9.62 Å². The van der Waals surface area contributed by atoms with Crippen molar-refractivity contribution in [2.24, 2.45) is 5.92 Å². The Kier molecular flexibility index (Phi) is 7.06. The van der Waals surface area contributed by atoms with Gasteiger partial charge < -0.3 is 9.80 Å². The third kappa shape index (κ3) is 5.14. The molecule has 1 fully saturated rings. The number of amides is 1. The van der Waals surface area contributed by atoms with Crippen molar-refractivity contribution in [1.82, 2.24) is 29.6 Å². The highest BCUT2D eigenvalue weighted by atomic mass is 32.2. The second kappa shape index (κ2) is 9.74. The summed E-state index contributed by atoms with van der Waals surface area (Å²) in [5.41, 5.74) is 1.04. The van der Waals surface area contributed by atoms with Gasteiger partial charge in [-0.05, 0) is 26.0 Å². The minimum Gasteiger partial charge on any atom is -0.367 e. The number of halogens is 2. The lowest BCUT2D eigenvalue weighted by Crippen LogP contribution is -2.50. The average Bonchev–Trinajstić information content (AvgIpc) is 3.44. The number of hydrogen-bond donors (Lipinski definition) is 1. The number of nitrogens with zero attached hydrogens (tertiary/aromatic N) is 6. The fraction of sp³-hybridized carbons (Fsp3) is 0.524. The maximum Gasteiger partial charge on any atom is 0.291 e. The molecule has 3 aromatic rings. The van der Waals surface area contributed by atoms with Crippen LogP contribution in [0.4, 0.5) is 14.5 Å². The fourth-order valence-electron chi connectivity index (χ4n) is 3.96. The summed E-state index contributed by atoms with van der Waals surface area (Å²) in [4.78, 5) is 16.2. The first-order valence-corrected chi connectivity index (χ1v) is 13.5. The molecule has 10 nitrogen and oxygen atoms in total. The molecule has 35 heavy (non-hydrogen) atoms. The van der Waals surface area contributed by atoms with E-state index in [1.807, 2.05) is 18.7 Å². The van der Waals surface area contributed by atoms with Crippen molar-refractivity contribution >= 4 is 43.9 Å². The quantitative estimate of drug-likeness (QED) is 0.503. The number of anilines is 1. The normalized spacial score (nSPS) is 15.2. The molecule has 0 unspecified atom stereocenters. The highest BCUT2D eigenvalue weighted by Crippen LogP contribution is 2.34. The van der Waals surface area contributed by atoms with Crippen LogP contribution in [0.1, 0.15) is 39.1 Å². The molecular formula is C21H27F2N7O3S2. The zero-order chi connectivity index (χ0) is 25.5. The van der Waals surface area contributed by atoms with Crippen LogP contribution in [0.2, 0.25) is 0 Å². The highest BCUT2D eigenvalue weighted by molar-refractivity contribution is 7.89. The van der Waals surface area contributed by atoms with E-state index in [0.717, 1.165) is 0 Å². The molecule has 1 aromatic carbocycles. The van der Waals surface area contributed by atoms with E-state index >= 15 is 0 Å². The molecule has 4 rings (SSSR count). The molecule has 0 bridgehead atoms. The Labute approximate surface area is 206 Å². The molecule has 0 radical (unpaired) electrons. The van der Waals surface area contributed by atoms with Crippen molar-refractivity contribution in [3.8, 4) is 5.13 Å². The molecule has 190 valence electrons. The second-order valence-electron chi connectivity index (χ2n) is 8.90. The number of fused-ring (bicyclic) bond motifs is 1. The minimum absolute atomic E-state index is 0.0229. The van der Waals surface area contributed by atoms with Crippen molar-refractivity contribution < 1.29 is 22.0 Å². The summed E-state index contributed by atoms with van der Waals surface area (Å²) in [5, 5.41) is 12.0. The molecule has 1 N–H and O–H groups in total. The zero-order valence-corrected chi connectivity index (χ0v) is 21.4. The number of benzene rings is 1. The van der Waals surface area contributed by atoms with Gasteiger partial charge >= 0.3 is 0 Å². The average molecular weight is 528 g/mol. The summed E-state index contributed by atoms with van der Waals surface area (Å²) < 4.78 is 56.2. The lowest BCUT2D eigenvalue weighted by Gasteiger charge is -2.37. The molecule has 14 heteroatoms. The zero-order valence-electron chi connectivity index (χ0n) is 19.8. The number of aromatic nitrogens is 4. The summed E-state index contributed by atoms with van der Waals surface area (Å²) in [6, 6.07) is 2.72. The number of carbonyl (C=O) groups excluding carboxylic acids is 1. The number of piperazine rings is 1. The molecule has 1 amide bonds. The first kappa shape index (κ1) is 25.4. The van der Waals surface area contributed by atoms with Crippen LogP contribution in [0.3, 0.4) is 0 Å². The first-order chi connectivity index (χ1) is 16.5. The van der Waals surface area contributed by atoms with E-state index in [1.54, 1.807) is 31.0 Å². The number of rotatable bonds is 7. The molecule has 0 spiro atoms. The number of carbonyl (C=O) groups is 1. The SMILES string of the molecule is CC(C)NS(=O)(=O)c1cc(N2CCN(C(=O)C(C)C)CC2)c2cnn(-c3nnc(C(F)F)s3)c2c1. The second-order valence-corrected chi connectivity index (χ2v) is 11.6. The molecule has 0 aliphatic carbocycles. The van der Waals surface area contributed by atoms with Crippen LogP contribution >= 0.6 is 11.3 Å². The van der Waals surface area contributed by atoms with Crippen molar-refractivity contribution in [2.45, 2.75) is 45.1 Å². The van der Waals surface area contributed by atoms with Crippen molar-refractivity contribution in [1.29, 1.82) is 0 Å². The van der Waals surface area contributed by atoms with Gasteiger partial charge in [0, 0.05) is 49.2 Å². The van der Waals surface area contributed by atoms with Gasteiger partial charge in [0.2, 0.25) is 21.1 Å². The summed E-state index contributed by atoms with van der Waals surface area (Å²) in [5.74, 6) is -0.0294. The van der Waals surface area contributed by atoms with Gasteiger partial charge in [0.1, 0.15) is 0 Å². The lowest BCUT2D eigenvalue weighted by atomic mass is 10.1. The van der Waals surface area contributed by atoms with Crippen LogP contribution in [0.5, 0.6) is 0 Å². The van der Waals surface area contributed by atoms with E-state index in [4.69, 9.17) is 0 Å². The largest absolute Gasteiger partial charge is 0.367 e. The monoisotopic (exact) mass is 527 g/mol. The van der Waals surface area contributed by atoms with Gasteiger partial charge in [-0.2, -0.15) is 5.10 Å². The van der Waals surface area contributed by atoms with Crippen LogP contribution in [-0.2, 0) is 14.8 Å². The van der Waals surface area contributed by atoms with Gasteiger partial charge in [0.15, 0.2) is 5.01 Å². The van der Waals surface area contributed by atoms with Gasteiger partial charge in [0.25, 0.3) is 6.43 Å². The van der Waals surface area contributed by atoms with E-state index in [0.29, 0.717) is 54.1 Å². The van der Waals surface area contributed by atoms with E-state index in [1.165, 1.54) is 10.7 Å². The van der Waals surface area contributed by atoms with Crippen LogP contribution in [0.25, 0.3) is 16.0 Å². The third-order valence-corrected chi connectivity index (χ3v) is 8.11. The van der Waals surface area contributed by atoms with Gasteiger partial charge in [-0.3, -0.25) is 4.79 Å². The van der Waals surface area contributed by atoms with Crippen molar-refractivity contribution in [3.63, 3.8) is 0 Å². The standard InChI is InChI=1S/C21H27F2N7O3S2/c1-12(2)20(31)29-7-5-28(6-8-29)16-9-14(35(32,33)27-13(3)4)10-17-15(16)11-24-30(17)21-26-25-19(34-21)18(22)23/h9-13,18,27H,5-8H2,1-4H3. The molecule has 1 aliphatic rings. The van der Waals surface area contributed by atoms with Crippen LogP contribution in [0, 0.1) is 5.92 Å².